The van der Waals surface area contributed by atoms with Crippen molar-refractivity contribution in [1.82, 2.24) is 4.98 Å². The fraction of sp³-hybridized carbons (Fsp3) is 0.143. The Balaban J connectivity index is 1.41. The molecule has 0 bridgehead atoms. The monoisotopic (exact) mass is 330 g/mol. The Kier molecular flexibility index (Phi) is 3.27. The summed E-state index contributed by atoms with van der Waals surface area (Å²) >= 11 is 0. The molecule has 0 unspecified atom stereocenters. The number of hydrogen-bond acceptors (Lipinski definition) is 3. The van der Waals surface area contributed by atoms with Gasteiger partial charge in [0.05, 0.1) is 0 Å². The summed E-state index contributed by atoms with van der Waals surface area (Å²) in [6.45, 7) is 1.97. The lowest BCUT2D eigenvalue weighted by Crippen LogP contribution is -2.15. The number of fused-ring (bicyclic) bond motifs is 4. The van der Waals surface area contributed by atoms with Crippen LogP contribution >= 0.6 is 0 Å². The molecule has 2 N–H and O–H groups in total. The molecule has 1 aromatic heterocycles. The van der Waals surface area contributed by atoms with Gasteiger partial charge in [-0.1, -0.05) is 24.3 Å². The molecule has 0 amide bonds. The zero-order chi connectivity index (χ0) is 16.6. The lowest BCUT2D eigenvalue weighted by Gasteiger charge is -2.19. The summed E-state index contributed by atoms with van der Waals surface area (Å²) in [6, 6.07) is 20.9. The minimum atomic E-state index is 0.612. The first-order valence-corrected chi connectivity index (χ1v) is 8.50. The van der Waals surface area contributed by atoms with Crippen LogP contribution in [0.2, 0.25) is 0 Å². The predicted molar refractivity (Wildman–Crippen MR) is 101 cm³/mol. The minimum Gasteiger partial charge on any atom is -0.486 e. The van der Waals surface area contributed by atoms with Crippen molar-refractivity contribution >= 4 is 27.5 Å². The van der Waals surface area contributed by atoms with Crippen LogP contribution in [0.5, 0.6) is 11.5 Å². The van der Waals surface area contributed by atoms with Gasteiger partial charge < -0.3 is 19.8 Å². The molecule has 0 radical (unpaired) electrons. The van der Waals surface area contributed by atoms with Gasteiger partial charge in [0, 0.05) is 34.0 Å². The highest BCUT2D eigenvalue weighted by Gasteiger charge is 2.11. The summed E-state index contributed by atoms with van der Waals surface area (Å²) in [6.07, 6.45) is 0. The van der Waals surface area contributed by atoms with Crippen LogP contribution in [0.3, 0.4) is 0 Å². The fourth-order valence-electron chi connectivity index (χ4n) is 3.36. The summed E-state index contributed by atoms with van der Waals surface area (Å²) in [5.41, 5.74) is 4.60. The lowest BCUT2D eigenvalue weighted by atomic mass is 10.1. The zero-order valence-corrected chi connectivity index (χ0v) is 13.7. The molecule has 0 spiro atoms. The van der Waals surface area contributed by atoms with E-state index in [1.165, 1.54) is 21.9 Å². The van der Waals surface area contributed by atoms with E-state index in [0.717, 1.165) is 29.2 Å². The summed E-state index contributed by atoms with van der Waals surface area (Å²) < 4.78 is 11.2. The fourth-order valence-corrected chi connectivity index (χ4v) is 3.36. The van der Waals surface area contributed by atoms with Gasteiger partial charge in [0.25, 0.3) is 0 Å². The van der Waals surface area contributed by atoms with E-state index in [9.17, 15) is 0 Å². The first kappa shape index (κ1) is 14.2. The van der Waals surface area contributed by atoms with E-state index >= 15 is 0 Å². The number of ether oxygens (including phenoxy) is 2. The highest BCUT2D eigenvalue weighted by atomic mass is 16.6. The average Bonchev–Trinajstić information content (AvgIpc) is 3.04. The van der Waals surface area contributed by atoms with E-state index in [1.54, 1.807) is 0 Å². The van der Waals surface area contributed by atoms with Gasteiger partial charge in [-0.3, -0.25) is 0 Å². The molecule has 0 fully saturated rings. The van der Waals surface area contributed by atoms with Crippen LogP contribution in [0.25, 0.3) is 21.8 Å². The maximum absolute atomic E-state index is 5.65. The standard InChI is InChI=1S/C21H18N2O2/c1-2-4-18-16(3-1)17-12-15(6-7-19(17)23-18)22-13-14-5-8-20-21(11-14)25-10-9-24-20/h1-8,11-12,22-23H,9-10,13H2. The van der Waals surface area contributed by atoms with Crippen LogP contribution in [0.15, 0.2) is 60.7 Å². The first-order chi connectivity index (χ1) is 12.4. The Hall–Kier alpha value is -3.14. The molecule has 5 rings (SSSR count). The van der Waals surface area contributed by atoms with Crippen LogP contribution in [-0.4, -0.2) is 18.2 Å². The molecular weight excluding hydrogens is 312 g/mol. The van der Waals surface area contributed by atoms with Crippen LogP contribution in [0.4, 0.5) is 5.69 Å². The Labute approximate surface area is 145 Å². The number of nitrogens with one attached hydrogen (secondary N) is 2. The van der Waals surface area contributed by atoms with E-state index in [0.29, 0.717) is 13.2 Å². The maximum atomic E-state index is 5.65. The number of anilines is 1. The number of rotatable bonds is 3. The van der Waals surface area contributed by atoms with Crippen molar-refractivity contribution in [2.24, 2.45) is 0 Å². The van der Waals surface area contributed by atoms with Gasteiger partial charge in [-0.15, -0.1) is 0 Å². The lowest BCUT2D eigenvalue weighted by molar-refractivity contribution is 0.171. The first-order valence-electron chi connectivity index (χ1n) is 8.50. The van der Waals surface area contributed by atoms with Crippen LogP contribution in [0.1, 0.15) is 5.56 Å². The highest BCUT2D eigenvalue weighted by molar-refractivity contribution is 6.08. The third-order valence-corrected chi connectivity index (χ3v) is 4.61. The van der Waals surface area contributed by atoms with Crippen molar-refractivity contribution in [1.29, 1.82) is 0 Å². The number of aromatic nitrogens is 1. The van der Waals surface area contributed by atoms with Crippen molar-refractivity contribution in [2.45, 2.75) is 6.54 Å². The van der Waals surface area contributed by atoms with Gasteiger partial charge in [0.15, 0.2) is 11.5 Å². The summed E-state index contributed by atoms with van der Waals surface area (Å²) in [4.78, 5) is 3.45. The predicted octanol–water partition coefficient (Wildman–Crippen LogP) is 4.70. The van der Waals surface area contributed by atoms with Crippen LogP contribution in [0, 0.1) is 0 Å². The molecule has 124 valence electrons. The molecule has 1 aliphatic rings. The van der Waals surface area contributed by atoms with E-state index in [4.69, 9.17) is 9.47 Å². The van der Waals surface area contributed by atoms with Gasteiger partial charge in [-0.2, -0.15) is 0 Å². The minimum absolute atomic E-state index is 0.612. The maximum Gasteiger partial charge on any atom is 0.161 e. The van der Waals surface area contributed by atoms with Crippen molar-refractivity contribution in [3.63, 3.8) is 0 Å². The number of aromatic amines is 1. The average molecular weight is 330 g/mol. The quantitative estimate of drug-likeness (QED) is 0.572. The zero-order valence-electron chi connectivity index (χ0n) is 13.7. The molecule has 0 saturated heterocycles. The van der Waals surface area contributed by atoms with E-state index in [1.807, 2.05) is 12.1 Å². The van der Waals surface area contributed by atoms with Crippen molar-refractivity contribution in [3.05, 3.63) is 66.2 Å². The second kappa shape index (κ2) is 5.74. The van der Waals surface area contributed by atoms with E-state index < -0.39 is 0 Å². The summed E-state index contributed by atoms with van der Waals surface area (Å²) in [5, 5.41) is 5.99. The van der Waals surface area contributed by atoms with Crippen molar-refractivity contribution in [2.75, 3.05) is 18.5 Å². The number of benzene rings is 3. The molecule has 0 atom stereocenters. The highest BCUT2D eigenvalue weighted by Crippen LogP contribution is 2.31. The molecule has 3 aromatic carbocycles. The molecule has 4 aromatic rings. The second-order valence-corrected chi connectivity index (χ2v) is 6.26. The summed E-state index contributed by atoms with van der Waals surface area (Å²) in [7, 11) is 0. The normalized spacial score (nSPS) is 13.3. The topological polar surface area (TPSA) is 46.3 Å². The molecule has 4 nitrogen and oxygen atoms in total. The number of para-hydroxylation sites is 1. The Morgan fingerprint density at radius 3 is 2.60 bits per heavy atom. The Bertz CT molecular complexity index is 1070. The molecule has 4 heteroatoms. The molecule has 0 aliphatic carbocycles. The van der Waals surface area contributed by atoms with Crippen molar-refractivity contribution in [3.8, 4) is 11.5 Å². The molecule has 1 aliphatic heterocycles. The molecule has 2 heterocycles. The number of H-pyrrole nitrogens is 1. The third kappa shape index (κ3) is 2.56. The molecule has 0 saturated carbocycles. The van der Waals surface area contributed by atoms with Crippen LogP contribution < -0.4 is 14.8 Å². The summed E-state index contributed by atoms with van der Waals surface area (Å²) in [5.74, 6) is 1.66. The molecule has 25 heavy (non-hydrogen) atoms. The Morgan fingerprint density at radius 2 is 1.64 bits per heavy atom. The van der Waals surface area contributed by atoms with E-state index in [-0.39, 0.29) is 0 Å². The largest absolute Gasteiger partial charge is 0.486 e. The third-order valence-electron chi connectivity index (χ3n) is 4.61. The SMILES string of the molecule is c1ccc2c(c1)[nH]c1ccc(NCc3ccc4c(c3)OCCO4)cc12. The Morgan fingerprint density at radius 1 is 0.800 bits per heavy atom. The van der Waals surface area contributed by atoms with Gasteiger partial charge >= 0.3 is 0 Å². The van der Waals surface area contributed by atoms with Crippen LogP contribution in [-0.2, 0) is 6.54 Å². The van der Waals surface area contributed by atoms with Crippen molar-refractivity contribution < 1.29 is 9.47 Å². The molecular formula is C21H18N2O2. The van der Waals surface area contributed by atoms with Gasteiger partial charge in [0.1, 0.15) is 13.2 Å². The second-order valence-electron chi connectivity index (χ2n) is 6.26. The smallest absolute Gasteiger partial charge is 0.161 e. The van der Waals surface area contributed by atoms with E-state index in [2.05, 4.69) is 58.8 Å². The van der Waals surface area contributed by atoms with Gasteiger partial charge in [0.2, 0.25) is 0 Å². The number of hydrogen-bond donors (Lipinski definition) is 2. The van der Waals surface area contributed by atoms with Gasteiger partial charge in [-0.05, 0) is 42.0 Å². The van der Waals surface area contributed by atoms with Gasteiger partial charge in [-0.25, -0.2) is 0 Å².